The molecule has 0 radical (unpaired) electrons. The van der Waals surface area contributed by atoms with Crippen molar-refractivity contribution in [1.82, 2.24) is 14.5 Å². The van der Waals surface area contributed by atoms with Gasteiger partial charge in [-0.3, -0.25) is 14.5 Å². The number of hydrogen-bond donors (Lipinski definition) is 2. The molecular formula is C44H51N7O6. The predicted molar refractivity (Wildman–Crippen MR) is 221 cm³/mol. The lowest BCUT2D eigenvalue weighted by molar-refractivity contribution is -0.229. The van der Waals surface area contributed by atoms with Crippen LogP contribution in [0.1, 0.15) is 79.6 Å². The minimum absolute atomic E-state index is 0.0482. The summed E-state index contributed by atoms with van der Waals surface area (Å²) in [6.45, 7) is 5.60. The third-order valence-electron chi connectivity index (χ3n) is 9.52. The van der Waals surface area contributed by atoms with E-state index in [0.29, 0.717) is 41.8 Å². The Bertz CT molecular complexity index is 2130. The first-order chi connectivity index (χ1) is 27.8. The molecule has 1 fully saturated rings. The lowest BCUT2D eigenvalue weighted by Crippen LogP contribution is -2.37. The number of carbonyl (C=O) groups excluding carboxylic acids is 2. The van der Waals surface area contributed by atoms with Crippen LogP contribution in [0.4, 0.5) is 11.5 Å². The van der Waals surface area contributed by atoms with Gasteiger partial charge in [0.1, 0.15) is 23.6 Å². The van der Waals surface area contributed by atoms with Gasteiger partial charge in [0.25, 0.3) is 5.91 Å². The van der Waals surface area contributed by atoms with Gasteiger partial charge in [-0.2, -0.15) is 4.99 Å². The van der Waals surface area contributed by atoms with E-state index in [0.717, 1.165) is 41.0 Å². The smallest absolute Gasteiger partial charge is 0.308 e. The zero-order chi connectivity index (χ0) is 40.0. The number of anilines is 2. The first-order valence-corrected chi connectivity index (χ1v) is 19.5. The second-order valence-electron chi connectivity index (χ2n) is 13.7. The predicted octanol–water partition coefficient (Wildman–Crippen LogP) is 7.44. The molecule has 298 valence electrons. The largest absolute Gasteiger partial charge is 0.478 e. The molecule has 3 heterocycles. The molecule has 0 saturated carbocycles. The fraction of sp³-hybridized carbons (Fsp3) is 0.341. The fourth-order valence-electron chi connectivity index (χ4n) is 6.34. The van der Waals surface area contributed by atoms with Crippen molar-refractivity contribution in [3.05, 3.63) is 132 Å². The van der Waals surface area contributed by atoms with E-state index in [4.69, 9.17) is 29.7 Å². The summed E-state index contributed by atoms with van der Waals surface area (Å²) in [5.74, 6) is 1.32. The maximum atomic E-state index is 14.0. The number of rotatable bonds is 18. The Labute approximate surface area is 333 Å². The van der Waals surface area contributed by atoms with Crippen LogP contribution in [0.15, 0.2) is 114 Å². The SMILES string of the molecule is CC=C(/N=C(\N)c1ccc(NCc2nc3cc(C(=O)N(CCC(=O)OC4COC(c5ccccc5)OC4)c4ccccn4)ccc3n2C)cc1)OCCCCCC. The minimum Gasteiger partial charge on any atom is -0.478 e. The molecule has 6 rings (SSSR count). The number of fused-ring (bicyclic) bond motifs is 1. The fourth-order valence-corrected chi connectivity index (χ4v) is 6.34. The zero-order valence-electron chi connectivity index (χ0n) is 32.8. The third-order valence-corrected chi connectivity index (χ3v) is 9.52. The van der Waals surface area contributed by atoms with Crippen molar-refractivity contribution in [1.29, 1.82) is 0 Å². The number of amidine groups is 1. The molecule has 13 nitrogen and oxygen atoms in total. The summed E-state index contributed by atoms with van der Waals surface area (Å²) < 4.78 is 25.0. The number of ether oxygens (including phenoxy) is 4. The van der Waals surface area contributed by atoms with Crippen LogP contribution >= 0.6 is 0 Å². The van der Waals surface area contributed by atoms with E-state index in [1.165, 1.54) is 17.7 Å². The normalized spacial score (nSPS) is 16.0. The van der Waals surface area contributed by atoms with Crippen molar-refractivity contribution >= 4 is 40.3 Å². The van der Waals surface area contributed by atoms with Crippen molar-refractivity contribution < 1.29 is 28.5 Å². The Morgan fingerprint density at radius 2 is 1.74 bits per heavy atom. The number of esters is 1. The molecule has 5 aromatic rings. The van der Waals surface area contributed by atoms with Crippen LogP contribution in [0.5, 0.6) is 0 Å². The molecule has 0 atom stereocenters. The van der Waals surface area contributed by atoms with Gasteiger partial charge in [-0.05, 0) is 74.0 Å². The molecule has 3 aromatic carbocycles. The molecule has 1 aliphatic heterocycles. The van der Waals surface area contributed by atoms with Gasteiger partial charge in [0.05, 0.1) is 43.8 Å². The summed E-state index contributed by atoms with van der Waals surface area (Å²) in [6.07, 6.45) is 6.81. The van der Waals surface area contributed by atoms with Crippen LogP contribution in [0.25, 0.3) is 11.0 Å². The van der Waals surface area contributed by atoms with E-state index in [-0.39, 0.29) is 32.1 Å². The number of aliphatic imine (C=N–C) groups is 1. The molecule has 1 aliphatic rings. The number of hydrogen-bond acceptors (Lipinski definition) is 10. The number of pyridine rings is 1. The van der Waals surface area contributed by atoms with Crippen LogP contribution < -0.4 is 16.0 Å². The molecule has 57 heavy (non-hydrogen) atoms. The number of benzene rings is 3. The maximum Gasteiger partial charge on any atom is 0.308 e. The molecule has 1 saturated heterocycles. The highest BCUT2D eigenvalue weighted by molar-refractivity contribution is 6.07. The minimum atomic E-state index is -0.550. The summed E-state index contributed by atoms with van der Waals surface area (Å²) in [4.78, 5) is 42.2. The first kappa shape index (κ1) is 40.6. The number of nitrogens with one attached hydrogen (secondary N) is 1. The lowest BCUT2D eigenvalue weighted by Gasteiger charge is -2.29. The Balaban J connectivity index is 1.05. The molecule has 13 heteroatoms. The van der Waals surface area contributed by atoms with Gasteiger partial charge in [0, 0.05) is 42.2 Å². The number of carbonyl (C=O) groups is 2. The second kappa shape index (κ2) is 20.2. The van der Waals surface area contributed by atoms with Crippen LogP contribution in [0, 0.1) is 0 Å². The Hall–Kier alpha value is -6.05. The van der Waals surface area contributed by atoms with Gasteiger partial charge in [-0.15, -0.1) is 0 Å². The highest BCUT2D eigenvalue weighted by Gasteiger charge is 2.27. The quantitative estimate of drug-likeness (QED) is 0.0302. The van der Waals surface area contributed by atoms with Gasteiger partial charge >= 0.3 is 5.97 Å². The van der Waals surface area contributed by atoms with Gasteiger partial charge < -0.3 is 34.6 Å². The molecule has 0 unspecified atom stereocenters. The summed E-state index contributed by atoms with van der Waals surface area (Å²) in [6, 6.07) is 28.0. The lowest BCUT2D eigenvalue weighted by atomic mass is 10.1. The maximum absolute atomic E-state index is 14.0. The van der Waals surface area contributed by atoms with Crippen LogP contribution in [-0.4, -0.2) is 64.7 Å². The van der Waals surface area contributed by atoms with E-state index in [1.807, 2.05) is 85.3 Å². The second-order valence-corrected chi connectivity index (χ2v) is 13.7. The summed E-state index contributed by atoms with van der Waals surface area (Å²) in [7, 11) is 1.94. The average Bonchev–Trinajstić information content (AvgIpc) is 3.57. The molecular weight excluding hydrogens is 723 g/mol. The highest BCUT2D eigenvalue weighted by atomic mass is 16.7. The van der Waals surface area contributed by atoms with E-state index in [2.05, 4.69) is 22.2 Å². The van der Waals surface area contributed by atoms with Gasteiger partial charge in [-0.1, -0.05) is 62.6 Å². The molecule has 0 bridgehead atoms. The van der Waals surface area contributed by atoms with Crippen molar-refractivity contribution in [3.8, 4) is 0 Å². The summed E-state index contributed by atoms with van der Waals surface area (Å²) in [5, 5.41) is 3.43. The van der Waals surface area contributed by atoms with Gasteiger partial charge in [-0.25, -0.2) is 9.97 Å². The number of aromatic nitrogens is 3. The average molecular weight is 774 g/mol. The molecule has 3 N–H and O–H groups in total. The van der Waals surface area contributed by atoms with E-state index >= 15 is 0 Å². The Kier molecular flexibility index (Phi) is 14.4. The van der Waals surface area contributed by atoms with Crippen molar-refractivity contribution in [2.75, 3.05) is 36.6 Å². The number of unbranched alkanes of at least 4 members (excludes halogenated alkanes) is 3. The number of aryl methyl sites for hydroxylation is 1. The number of imidazole rings is 1. The standard InChI is InChI=1S/C44H51N7O6/c1-4-6-7-13-26-54-40(5-2)49-42(45)31-17-20-34(21-18-31)47-28-39-48-36-27-33(19-22-37(36)50(39)3)43(53)51(38-16-11-12-24-46-38)25-23-41(52)57-35-29-55-44(56-30-35)32-14-9-8-10-15-32/h5,8-12,14-22,24,27,35,44,47H,4,6-7,13,23,25-26,28-30H2,1-3H3,(H2,45,49). The summed E-state index contributed by atoms with van der Waals surface area (Å²) in [5.41, 5.74) is 10.8. The van der Waals surface area contributed by atoms with Gasteiger partial charge in [0.15, 0.2) is 6.29 Å². The Morgan fingerprint density at radius 3 is 2.46 bits per heavy atom. The van der Waals surface area contributed by atoms with E-state index in [9.17, 15) is 9.59 Å². The van der Waals surface area contributed by atoms with Crippen molar-refractivity contribution in [3.63, 3.8) is 0 Å². The molecule has 0 aliphatic carbocycles. The first-order valence-electron chi connectivity index (χ1n) is 19.5. The monoisotopic (exact) mass is 773 g/mol. The van der Waals surface area contributed by atoms with Crippen molar-refractivity contribution in [2.24, 2.45) is 17.8 Å². The van der Waals surface area contributed by atoms with Crippen LogP contribution in [0.2, 0.25) is 0 Å². The van der Waals surface area contributed by atoms with Crippen molar-refractivity contribution in [2.45, 2.75) is 64.9 Å². The number of nitrogens with zero attached hydrogens (tertiary/aromatic N) is 5. The number of nitrogens with two attached hydrogens (primary N) is 1. The number of amides is 1. The highest BCUT2D eigenvalue weighted by Crippen LogP contribution is 2.25. The zero-order valence-corrected chi connectivity index (χ0v) is 32.8. The van der Waals surface area contributed by atoms with Gasteiger partial charge in [0.2, 0.25) is 5.88 Å². The molecule has 2 aromatic heterocycles. The van der Waals surface area contributed by atoms with E-state index in [1.54, 1.807) is 36.5 Å². The Morgan fingerprint density at radius 1 is 0.982 bits per heavy atom. The third kappa shape index (κ3) is 11.0. The van der Waals surface area contributed by atoms with Crippen LogP contribution in [-0.2, 0) is 37.3 Å². The topological polar surface area (TPSA) is 155 Å². The molecule has 0 spiro atoms. The summed E-state index contributed by atoms with van der Waals surface area (Å²) >= 11 is 0. The number of allylic oxidation sites excluding steroid dienone is 1. The van der Waals surface area contributed by atoms with Crippen LogP contribution in [0.3, 0.4) is 0 Å². The van der Waals surface area contributed by atoms with E-state index < -0.39 is 18.4 Å². The molecule has 1 amide bonds.